The Morgan fingerprint density at radius 2 is 1.50 bits per heavy atom. The number of ether oxygens (including phenoxy) is 2. The van der Waals surface area contributed by atoms with Crippen LogP contribution in [-0.4, -0.2) is 42.5 Å². The first-order valence-corrected chi connectivity index (χ1v) is 8.42. The first-order valence-electron chi connectivity index (χ1n) is 8.42. The minimum absolute atomic E-state index is 0.395. The van der Waals surface area contributed by atoms with Crippen LogP contribution in [0.2, 0.25) is 0 Å². The molecule has 0 radical (unpaired) electrons. The van der Waals surface area contributed by atoms with Crippen molar-refractivity contribution in [3.05, 3.63) is 30.6 Å². The maximum absolute atomic E-state index is 6.01. The van der Waals surface area contributed by atoms with Gasteiger partial charge < -0.3 is 24.1 Å². The van der Waals surface area contributed by atoms with E-state index in [1.807, 2.05) is 45.9 Å². The van der Waals surface area contributed by atoms with Crippen molar-refractivity contribution < 1.29 is 18.8 Å². The number of aromatic nitrogens is 2. The summed E-state index contributed by atoms with van der Waals surface area (Å²) < 4.78 is 22.6. The molecule has 0 saturated carbocycles. The van der Waals surface area contributed by atoms with Crippen molar-refractivity contribution in [2.24, 2.45) is 0 Å². The van der Waals surface area contributed by atoms with Gasteiger partial charge in [0.2, 0.25) is 5.95 Å². The Bertz CT molecular complexity index is 765. The van der Waals surface area contributed by atoms with E-state index in [1.54, 1.807) is 26.6 Å². The molecule has 0 atom stereocenters. The van der Waals surface area contributed by atoms with Crippen molar-refractivity contribution >= 4 is 24.2 Å². The highest BCUT2D eigenvalue weighted by Gasteiger charge is 2.51. The molecule has 7 nitrogen and oxygen atoms in total. The van der Waals surface area contributed by atoms with E-state index in [4.69, 9.17) is 18.8 Å². The van der Waals surface area contributed by atoms with Crippen LogP contribution in [0.1, 0.15) is 27.7 Å². The van der Waals surface area contributed by atoms with Gasteiger partial charge in [-0.2, -0.15) is 0 Å². The van der Waals surface area contributed by atoms with Gasteiger partial charge >= 0.3 is 7.12 Å². The molecule has 0 spiro atoms. The second-order valence-corrected chi connectivity index (χ2v) is 7.12. The quantitative estimate of drug-likeness (QED) is 0.825. The Morgan fingerprint density at radius 1 is 0.923 bits per heavy atom. The Kier molecular flexibility index (Phi) is 4.81. The Hall–Kier alpha value is -2.32. The van der Waals surface area contributed by atoms with E-state index < -0.39 is 18.3 Å². The SMILES string of the molecule is COc1ccc(Nc2ncc(B3OC(C)(C)C(C)(C)O3)cn2)cc1OC. The molecule has 1 saturated heterocycles. The van der Waals surface area contributed by atoms with Gasteiger partial charge in [-0.15, -0.1) is 0 Å². The van der Waals surface area contributed by atoms with Crippen LogP contribution < -0.4 is 20.3 Å². The number of methoxy groups -OCH3 is 2. The summed E-state index contributed by atoms with van der Waals surface area (Å²) >= 11 is 0. The normalized spacial score (nSPS) is 17.8. The van der Waals surface area contributed by atoms with Gasteiger partial charge in [0.1, 0.15) is 0 Å². The maximum Gasteiger partial charge on any atom is 0.498 e. The highest BCUT2D eigenvalue weighted by atomic mass is 16.7. The summed E-state index contributed by atoms with van der Waals surface area (Å²) in [6, 6.07) is 5.51. The first-order chi connectivity index (χ1) is 12.3. The summed E-state index contributed by atoms with van der Waals surface area (Å²) in [4.78, 5) is 8.72. The number of anilines is 2. The Morgan fingerprint density at radius 3 is 2.04 bits per heavy atom. The molecule has 1 aromatic carbocycles. The zero-order valence-corrected chi connectivity index (χ0v) is 16.0. The number of hydrogen-bond donors (Lipinski definition) is 1. The van der Waals surface area contributed by atoms with E-state index in [1.165, 1.54) is 0 Å². The van der Waals surface area contributed by atoms with Crippen LogP contribution in [0.3, 0.4) is 0 Å². The van der Waals surface area contributed by atoms with E-state index in [2.05, 4.69) is 15.3 Å². The number of rotatable bonds is 5. The van der Waals surface area contributed by atoms with Crippen LogP contribution in [-0.2, 0) is 9.31 Å². The average molecular weight is 357 g/mol. The highest BCUT2D eigenvalue weighted by molar-refractivity contribution is 6.61. The summed E-state index contributed by atoms with van der Waals surface area (Å²) in [5.74, 6) is 1.76. The van der Waals surface area contributed by atoms with Crippen LogP contribution in [0, 0.1) is 0 Å². The second-order valence-electron chi connectivity index (χ2n) is 7.12. The monoisotopic (exact) mass is 357 g/mol. The van der Waals surface area contributed by atoms with E-state index in [0.29, 0.717) is 17.4 Å². The first kappa shape index (κ1) is 18.5. The lowest BCUT2D eigenvalue weighted by atomic mass is 9.81. The van der Waals surface area contributed by atoms with Gasteiger partial charge in [-0.25, -0.2) is 9.97 Å². The molecular formula is C18H24BN3O4. The maximum atomic E-state index is 6.01. The van der Waals surface area contributed by atoms with Crippen molar-refractivity contribution in [2.75, 3.05) is 19.5 Å². The molecule has 8 heteroatoms. The van der Waals surface area contributed by atoms with E-state index in [9.17, 15) is 0 Å². The zero-order chi connectivity index (χ0) is 18.9. The van der Waals surface area contributed by atoms with Gasteiger partial charge in [-0.3, -0.25) is 0 Å². The van der Waals surface area contributed by atoms with Gasteiger partial charge in [0.25, 0.3) is 0 Å². The fourth-order valence-corrected chi connectivity index (χ4v) is 2.55. The van der Waals surface area contributed by atoms with Crippen molar-refractivity contribution in [1.82, 2.24) is 9.97 Å². The van der Waals surface area contributed by atoms with Gasteiger partial charge in [-0.1, -0.05) is 0 Å². The lowest BCUT2D eigenvalue weighted by molar-refractivity contribution is 0.00578. The molecule has 1 aliphatic heterocycles. The molecule has 1 N–H and O–H groups in total. The molecule has 1 fully saturated rings. The van der Waals surface area contributed by atoms with Crippen molar-refractivity contribution in [2.45, 2.75) is 38.9 Å². The number of nitrogens with zero attached hydrogens (tertiary/aromatic N) is 2. The van der Waals surface area contributed by atoms with Crippen molar-refractivity contribution in [3.8, 4) is 11.5 Å². The molecule has 3 rings (SSSR count). The van der Waals surface area contributed by atoms with Crippen LogP contribution in [0.4, 0.5) is 11.6 Å². The predicted octanol–water partition coefficient (Wildman–Crippen LogP) is 2.54. The lowest BCUT2D eigenvalue weighted by Gasteiger charge is -2.32. The molecule has 1 aliphatic rings. The number of nitrogens with one attached hydrogen (secondary N) is 1. The molecule has 26 heavy (non-hydrogen) atoms. The molecule has 2 aromatic rings. The summed E-state index contributed by atoms with van der Waals surface area (Å²) in [7, 11) is 2.72. The number of benzene rings is 1. The van der Waals surface area contributed by atoms with Crippen molar-refractivity contribution in [3.63, 3.8) is 0 Å². The Balaban J connectivity index is 1.73. The average Bonchev–Trinajstić information content (AvgIpc) is 2.83. The molecule has 0 aliphatic carbocycles. The molecule has 2 heterocycles. The summed E-state index contributed by atoms with van der Waals surface area (Å²) in [6.07, 6.45) is 3.41. The Labute approximate surface area is 154 Å². The summed E-state index contributed by atoms with van der Waals surface area (Å²) in [5.41, 5.74) is 0.787. The fourth-order valence-electron chi connectivity index (χ4n) is 2.55. The molecule has 0 bridgehead atoms. The minimum atomic E-state index is -0.477. The highest BCUT2D eigenvalue weighted by Crippen LogP contribution is 2.36. The van der Waals surface area contributed by atoms with Crippen LogP contribution in [0.25, 0.3) is 0 Å². The molecule has 0 unspecified atom stereocenters. The fraction of sp³-hybridized carbons (Fsp3) is 0.444. The van der Waals surface area contributed by atoms with Gasteiger partial charge in [0, 0.05) is 29.6 Å². The third kappa shape index (κ3) is 3.47. The number of hydrogen-bond acceptors (Lipinski definition) is 7. The van der Waals surface area contributed by atoms with E-state index >= 15 is 0 Å². The molecule has 138 valence electrons. The van der Waals surface area contributed by atoms with E-state index in [-0.39, 0.29) is 0 Å². The van der Waals surface area contributed by atoms with Crippen LogP contribution in [0.5, 0.6) is 11.5 Å². The molecular weight excluding hydrogens is 333 g/mol. The largest absolute Gasteiger partial charge is 0.498 e. The summed E-state index contributed by atoms with van der Waals surface area (Å²) in [5, 5.41) is 3.14. The minimum Gasteiger partial charge on any atom is -0.493 e. The van der Waals surface area contributed by atoms with Gasteiger partial charge in [0.05, 0.1) is 25.4 Å². The molecule has 0 amide bonds. The van der Waals surface area contributed by atoms with Crippen LogP contribution >= 0.6 is 0 Å². The van der Waals surface area contributed by atoms with Gasteiger partial charge in [0.15, 0.2) is 11.5 Å². The molecule has 1 aromatic heterocycles. The smallest absolute Gasteiger partial charge is 0.493 e. The standard InChI is InChI=1S/C18H24BN3O4/c1-17(2)18(3,4)26-19(25-17)12-10-20-16(21-11-12)22-13-7-8-14(23-5)15(9-13)24-6/h7-11H,1-6H3,(H,20,21,22). The van der Waals surface area contributed by atoms with E-state index in [0.717, 1.165) is 11.2 Å². The third-order valence-corrected chi connectivity index (χ3v) is 4.84. The zero-order valence-electron chi connectivity index (χ0n) is 16.0. The second kappa shape index (κ2) is 6.77. The predicted molar refractivity (Wildman–Crippen MR) is 101 cm³/mol. The van der Waals surface area contributed by atoms with Gasteiger partial charge in [-0.05, 0) is 39.8 Å². The topological polar surface area (TPSA) is 74.7 Å². The van der Waals surface area contributed by atoms with Crippen LogP contribution in [0.15, 0.2) is 30.6 Å². The lowest BCUT2D eigenvalue weighted by Crippen LogP contribution is -2.41. The van der Waals surface area contributed by atoms with Crippen molar-refractivity contribution in [1.29, 1.82) is 0 Å². The summed E-state index contributed by atoms with van der Waals surface area (Å²) in [6.45, 7) is 8.06. The third-order valence-electron chi connectivity index (χ3n) is 4.84.